The number of nitrogens with zero attached hydrogens (tertiary/aromatic N) is 1. The largest absolute Gasteiger partial charge is 0.492 e. The van der Waals surface area contributed by atoms with Gasteiger partial charge >= 0.3 is 0 Å². The Kier molecular flexibility index (Phi) is 2.64. The van der Waals surface area contributed by atoms with Crippen LogP contribution in [0, 0.1) is 17.2 Å². The fraction of sp³-hybridized carbons (Fsp3) is 0.364. The molecule has 0 amide bonds. The van der Waals surface area contributed by atoms with Crippen LogP contribution < -0.4 is 14.2 Å². The van der Waals surface area contributed by atoms with Gasteiger partial charge in [0.05, 0.1) is 12.0 Å². The van der Waals surface area contributed by atoms with E-state index in [0.29, 0.717) is 18.1 Å². The zero-order chi connectivity index (χ0) is 10.7. The van der Waals surface area contributed by atoms with E-state index in [1.165, 1.54) is 0 Å². The predicted octanol–water partition coefficient (Wildman–Crippen LogP) is 1.95. The minimum absolute atomic E-state index is 0.115. The lowest BCUT2D eigenvalue weighted by Gasteiger charge is -2.07. The van der Waals surface area contributed by atoms with Crippen molar-refractivity contribution in [2.24, 2.45) is 5.92 Å². The predicted molar refractivity (Wildman–Crippen MR) is 52.8 cm³/mol. The topological polar surface area (TPSA) is 51.5 Å². The Morgan fingerprint density at radius 2 is 2.27 bits per heavy atom. The van der Waals surface area contributed by atoms with E-state index in [1.54, 1.807) is 18.2 Å². The molecular formula is C11H11NO3. The Bertz CT molecular complexity index is 397. The zero-order valence-corrected chi connectivity index (χ0v) is 8.40. The quantitative estimate of drug-likeness (QED) is 0.756. The number of rotatable bonds is 3. The van der Waals surface area contributed by atoms with Crippen LogP contribution in [-0.4, -0.2) is 13.4 Å². The summed E-state index contributed by atoms with van der Waals surface area (Å²) in [5.74, 6) is 2.00. The third-order valence-electron chi connectivity index (χ3n) is 2.06. The van der Waals surface area contributed by atoms with Gasteiger partial charge in [-0.25, -0.2) is 0 Å². The SMILES string of the molecule is CC(C#N)COc1ccc2c(c1)OCO2. The van der Waals surface area contributed by atoms with Gasteiger partial charge in [0.15, 0.2) is 11.5 Å². The Labute approximate surface area is 88.0 Å². The summed E-state index contributed by atoms with van der Waals surface area (Å²) in [5.41, 5.74) is 0. The third-order valence-corrected chi connectivity index (χ3v) is 2.06. The molecule has 1 aliphatic heterocycles. The molecule has 0 saturated carbocycles. The van der Waals surface area contributed by atoms with Gasteiger partial charge in [-0.1, -0.05) is 0 Å². The minimum atomic E-state index is -0.115. The molecule has 1 aliphatic rings. The van der Waals surface area contributed by atoms with Gasteiger partial charge in [-0.2, -0.15) is 5.26 Å². The normalized spacial score (nSPS) is 14.4. The minimum Gasteiger partial charge on any atom is -0.492 e. The molecule has 1 atom stereocenters. The van der Waals surface area contributed by atoms with E-state index in [0.717, 1.165) is 5.75 Å². The van der Waals surface area contributed by atoms with Crippen molar-refractivity contribution in [3.05, 3.63) is 18.2 Å². The molecule has 4 nitrogen and oxygen atoms in total. The second-order valence-corrected chi connectivity index (χ2v) is 3.36. The average Bonchev–Trinajstić information content (AvgIpc) is 2.72. The van der Waals surface area contributed by atoms with Crippen LogP contribution >= 0.6 is 0 Å². The van der Waals surface area contributed by atoms with Crippen LogP contribution in [0.5, 0.6) is 17.2 Å². The first kappa shape index (κ1) is 9.66. The van der Waals surface area contributed by atoms with Gasteiger partial charge in [-0.15, -0.1) is 0 Å². The van der Waals surface area contributed by atoms with E-state index in [9.17, 15) is 0 Å². The summed E-state index contributed by atoms with van der Waals surface area (Å²) in [6, 6.07) is 7.48. The second-order valence-electron chi connectivity index (χ2n) is 3.36. The highest BCUT2D eigenvalue weighted by atomic mass is 16.7. The summed E-state index contributed by atoms with van der Waals surface area (Å²) < 4.78 is 15.8. The lowest BCUT2D eigenvalue weighted by molar-refractivity contribution is 0.173. The number of hydrogen-bond acceptors (Lipinski definition) is 4. The van der Waals surface area contributed by atoms with Crippen molar-refractivity contribution in [3.8, 4) is 23.3 Å². The molecule has 0 saturated heterocycles. The van der Waals surface area contributed by atoms with Gasteiger partial charge in [-0.3, -0.25) is 0 Å². The fourth-order valence-corrected chi connectivity index (χ4v) is 1.23. The first-order valence-electron chi connectivity index (χ1n) is 4.71. The van der Waals surface area contributed by atoms with E-state index in [1.807, 2.05) is 6.92 Å². The molecule has 4 heteroatoms. The van der Waals surface area contributed by atoms with Crippen LogP contribution in [-0.2, 0) is 0 Å². The monoisotopic (exact) mass is 205 g/mol. The Balaban J connectivity index is 2.01. The standard InChI is InChI=1S/C11H11NO3/c1-8(5-12)6-13-9-2-3-10-11(4-9)15-7-14-10/h2-4,8H,6-7H2,1H3. The lowest BCUT2D eigenvalue weighted by Crippen LogP contribution is -2.05. The van der Waals surface area contributed by atoms with Gasteiger partial charge in [0, 0.05) is 6.07 Å². The lowest BCUT2D eigenvalue weighted by atomic mass is 10.2. The van der Waals surface area contributed by atoms with Crippen molar-refractivity contribution in [1.82, 2.24) is 0 Å². The molecule has 1 aromatic rings. The Hall–Kier alpha value is -1.89. The molecule has 1 unspecified atom stereocenters. The second kappa shape index (κ2) is 4.09. The van der Waals surface area contributed by atoms with Crippen molar-refractivity contribution < 1.29 is 14.2 Å². The van der Waals surface area contributed by atoms with Crippen LogP contribution in [0.4, 0.5) is 0 Å². The highest BCUT2D eigenvalue weighted by molar-refractivity contribution is 5.46. The molecule has 1 heterocycles. The smallest absolute Gasteiger partial charge is 0.231 e. The van der Waals surface area contributed by atoms with Crippen molar-refractivity contribution in [1.29, 1.82) is 5.26 Å². The summed E-state index contributed by atoms with van der Waals surface area (Å²) >= 11 is 0. The van der Waals surface area contributed by atoms with Crippen molar-refractivity contribution >= 4 is 0 Å². The molecule has 0 radical (unpaired) electrons. The van der Waals surface area contributed by atoms with Gasteiger partial charge in [0.25, 0.3) is 0 Å². The van der Waals surface area contributed by atoms with Gasteiger partial charge in [-0.05, 0) is 19.1 Å². The van der Waals surface area contributed by atoms with Crippen LogP contribution in [0.25, 0.3) is 0 Å². The zero-order valence-electron chi connectivity index (χ0n) is 8.40. The number of benzene rings is 1. The van der Waals surface area contributed by atoms with E-state index in [2.05, 4.69) is 6.07 Å². The van der Waals surface area contributed by atoms with E-state index < -0.39 is 0 Å². The maximum absolute atomic E-state index is 8.59. The molecule has 0 aliphatic carbocycles. The van der Waals surface area contributed by atoms with Crippen molar-refractivity contribution in [2.45, 2.75) is 6.92 Å². The van der Waals surface area contributed by atoms with Gasteiger partial charge in [0.1, 0.15) is 12.4 Å². The first-order chi connectivity index (χ1) is 7.29. The molecule has 1 aromatic carbocycles. The Morgan fingerprint density at radius 1 is 1.47 bits per heavy atom. The van der Waals surface area contributed by atoms with Crippen LogP contribution in [0.2, 0.25) is 0 Å². The van der Waals surface area contributed by atoms with Crippen molar-refractivity contribution in [2.75, 3.05) is 13.4 Å². The molecule has 0 fully saturated rings. The first-order valence-corrected chi connectivity index (χ1v) is 4.71. The molecule has 2 rings (SSSR count). The summed E-state index contributed by atoms with van der Waals surface area (Å²) in [6.07, 6.45) is 0. The van der Waals surface area contributed by atoms with Crippen molar-refractivity contribution in [3.63, 3.8) is 0 Å². The highest BCUT2D eigenvalue weighted by Gasteiger charge is 2.13. The summed E-state index contributed by atoms with van der Waals surface area (Å²) in [7, 11) is 0. The fourth-order valence-electron chi connectivity index (χ4n) is 1.23. The molecule has 78 valence electrons. The molecular weight excluding hydrogens is 194 g/mol. The number of ether oxygens (including phenoxy) is 3. The highest BCUT2D eigenvalue weighted by Crippen LogP contribution is 2.35. The van der Waals surface area contributed by atoms with Crippen LogP contribution in [0.1, 0.15) is 6.92 Å². The maximum atomic E-state index is 8.59. The molecule has 0 spiro atoms. The summed E-state index contributed by atoms with van der Waals surface area (Å²) in [4.78, 5) is 0. The molecule has 0 bridgehead atoms. The van der Waals surface area contributed by atoms with E-state index >= 15 is 0 Å². The summed E-state index contributed by atoms with van der Waals surface area (Å²) in [6.45, 7) is 2.45. The number of nitriles is 1. The van der Waals surface area contributed by atoms with Gasteiger partial charge < -0.3 is 14.2 Å². The molecule has 0 N–H and O–H groups in total. The maximum Gasteiger partial charge on any atom is 0.231 e. The third kappa shape index (κ3) is 2.13. The molecule has 15 heavy (non-hydrogen) atoms. The van der Waals surface area contributed by atoms with Gasteiger partial charge in [0.2, 0.25) is 6.79 Å². The Morgan fingerprint density at radius 3 is 3.07 bits per heavy atom. The van der Waals surface area contributed by atoms with E-state index in [4.69, 9.17) is 19.5 Å². The molecule has 0 aromatic heterocycles. The summed E-state index contributed by atoms with van der Waals surface area (Å²) in [5, 5.41) is 8.59. The average molecular weight is 205 g/mol. The number of fused-ring (bicyclic) bond motifs is 1. The van der Waals surface area contributed by atoms with E-state index in [-0.39, 0.29) is 12.7 Å². The van der Waals surface area contributed by atoms with Crippen LogP contribution in [0.3, 0.4) is 0 Å². The van der Waals surface area contributed by atoms with Crippen LogP contribution in [0.15, 0.2) is 18.2 Å². The number of hydrogen-bond donors (Lipinski definition) is 0.